The number of Topliss-reactive ketones (excluding diaryl/α,β-unsaturated/α-hetero) is 1. The molecule has 1 fully saturated rings. The first-order chi connectivity index (χ1) is 14.2. The lowest BCUT2D eigenvalue weighted by Crippen LogP contribution is -2.51. The first kappa shape index (κ1) is 24.4. The van der Waals surface area contributed by atoms with Crippen molar-refractivity contribution in [2.24, 2.45) is 11.8 Å². The number of ether oxygens (including phenoxy) is 2. The Morgan fingerprint density at radius 2 is 1.70 bits per heavy atom. The highest BCUT2D eigenvalue weighted by Crippen LogP contribution is 2.29. The van der Waals surface area contributed by atoms with Crippen LogP contribution in [-0.2, 0) is 20.9 Å². The maximum absolute atomic E-state index is 13.1. The normalized spacial score (nSPS) is 17.4. The highest BCUT2D eigenvalue weighted by Gasteiger charge is 2.35. The van der Waals surface area contributed by atoms with E-state index in [9.17, 15) is 9.59 Å². The average Bonchev–Trinajstić information content (AvgIpc) is 2.68. The van der Waals surface area contributed by atoms with Gasteiger partial charge in [0, 0.05) is 5.92 Å². The lowest BCUT2D eigenvalue weighted by atomic mass is 9.82. The minimum Gasteiger partial charge on any atom is -0.444 e. The predicted molar refractivity (Wildman–Crippen MR) is 119 cm³/mol. The quantitative estimate of drug-likeness (QED) is 0.563. The number of amides is 1. The van der Waals surface area contributed by atoms with Crippen molar-refractivity contribution in [3.05, 3.63) is 35.9 Å². The van der Waals surface area contributed by atoms with Crippen LogP contribution in [-0.4, -0.2) is 29.6 Å². The van der Waals surface area contributed by atoms with Crippen LogP contribution in [0.5, 0.6) is 0 Å². The van der Waals surface area contributed by atoms with Crippen LogP contribution in [0.2, 0.25) is 0 Å². The highest BCUT2D eigenvalue weighted by molar-refractivity contribution is 5.86. The molecule has 1 amide bonds. The van der Waals surface area contributed by atoms with Crippen LogP contribution in [0, 0.1) is 11.8 Å². The summed E-state index contributed by atoms with van der Waals surface area (Å²) in [5.74, 6) is 0.323. The molecule has 1 aromatic carbocycles. The van der Waals surface area contributed by atoms with Crippen molar-refractivity contribution in [1.29, 1.82) is 0 Å². The summed E-state index contributed by atoms with van der Waals surface area (Å²) in [6.07, 6.45) is 5.49. The number of carbonyl (C=O) groups is 2. The monoisotopic (exact) mass is 417 g/mol. The molecule has 0 spiro atoms. The lowest BCUT2D eigenvalue weighted by molar-refractivity contribution is -0.137. The summed E-state index contributed by atoms with van der Waals surface area (Å²) in [7, 11) is 0. The van der Waals surface area contributed by atoms with Crippen molar-refractivity contribution in [1.82, 2.24) is 5.32 Å². The molecule has 0 heterocycles. The molecular formula is C25H39NO4. The van der Waals surface area contributed by atoms with Gasteiger partial charge in [0.15, 0.2) is 5.78 Å². The van der Waals surface area contributed by atoms with Gasteiger partial charge in [-0.3, -0.25) is 4.79 Å². The Morgan fingerprint density at radius 1 is 1.07 bits per heavy atom. The molecule has 0 saturated heterocycles. The van der Waals surface area contributed by atoms with Crippen LogP contribution in [0.25, 0.3) is 0 Å². The minimum atomic E-state index is -0.695. The Labute approximate surface area is 181 Å². The molecule has 1 aromatic rings. The Kier molecular flexibility index (Phi) is 9.35. The van der Waals surface area contributed by atoms with Gasteiger partial charge in [-0.05, 0) is 38.7 Å². The zero-order valence-electron chi connectivity index (χ0n) is 19.3. The van der Waals surface area contributed by atoms with Crippen molar-refractivity contribution in [2.45, 2.75) is 97.5 Å². The van der Waals surface area contributed by atoms with E-state index in [2.05, 4.69) is 5.32 Å². The smallest absolute Gasteiger partial charge is 0.407 e. The molecule has 2 atom stereocenters. The van der Waals surface area contributed by atoms with E-state index in [4.69, 9.17) is 9.47 Å². The summed E-state index contributed by atoms with van der Waals surface area (Å²) >= 11 is 0. The molecule has 0 bridgehead atoms. The van der Waals surface area contributed by atoms with E-state index in [0.29, 0.717) is 12.5 Å². The highest BCUT2D eigenvalue weighted by atomic mass is 16.6. The van der Waals surface area contributed by atoms with Gasteiger partial charge >= 0.3 is 6.09 Å². The van der Waals surface area contributed by atoms with Crippen molar-refractivity contribution in [3.8, 4) is 0 Å². The SMILES string of the molecule is CC(C)C(=O)[C@H](OCc1ccccc1)[C@H](CC1CCCCC1)NC(=O)OC(C)(C)C. The van der Waals surface area contributed by atoms with Gasteiger partial charge in [0.05, 0.1) is 12.6 Å². The molecule has 1 saturated carbocycles. The van der Waals surface area contributed by atoms with Crippen LogP contribution in [0.1, 0.15) is 78.7 Å². The van der Waals surface area contributed by atoms with E-state index in [0.717, 1.165) is 24.8 Å². The molecule has 5 nitrogen and oxygen atoms in total. The Hall–Kier alpha value is -1.88. The fourth-order valence-corrected chi connectivity index (χ4v) is 3.98. The van der Waals surface area contributed by atoms with Crippen molar-refractivity contribution in [3.63, 3.8) is 0 Å². The Balaban J connectivity index is 2.19. The van der Waals surface area contributed by atoms with E-state index in [1.54, 1.807) is 0 Å². The van der Waals surface area contributed by atoms with Crippen LogP contribution in [0.15, 0.2) is 30.3 Å². The zero-order chi connectivity index (χ0) is 22.1. The van der Waals surface area contributed by atoms with Crippen LogP contribution in [0.3, 0.4) is 0 Å². The number of nitrogens with one attached hydrogen (secondary N) is 1. The second kappa shape index (κ2) is 11.5. The summed E-state index contributed by atoms with van der Waals surface area (Å²) in [5.41, 5.74) is 0.412. The first-order valence-corrected chi connectivity index (χ1v) is 11.3. The van der Waals surface area contributed by atoms with Gasteiger partial charge in [-0.1, -0.05) is 76.3 Å². The topological polar surface area (TPSA) is 64.6 Å². The first-order valence-electron chi connectivity index (χ1n) is 11.3. The van der Waals surface area contributed by atoms with E-state index >= 15 is 0 Å². The molecule has 0 radical (unpaired) electrons. The standard InChI is InChI=1S/C25H39NO4/c1-18(2)22(27)23(29-17-20-14-10-7-11-15-20)21(16-19-12-8-6-9-13-19)26-24(28)30-25(3,4)5/h7,10-11,14-15,18-19,21,23H,6,8-9,12-13,16-17H2,1-5H3,(H,26,28)/t21-,23+/m0/s1. The van der Waals surface area contributed by atoms with Crippen molar-refractivity contribution >= 4 is 11.9 Å². The van der Waals surface area contributed by atoms with Gasteiger partial charge in [-0.15, -0.1) is 0 Å². The molecule has 0 aromatic heterocycles. The fraction of sp³-hybridized carbons (Fsp3) is 0.680. The molecular weight excluding hydrogens is 378 g/mol. The predicted octanol–water partition coefficient (Wildman–Crippen LogP) is 5.66. The van der Waals surface area contributed by atoms with E-state index < -0.39 is 23.8 Å². The van der Waals surface area contributed by atoms with Crippen molar-refractivity contribution in [2.75, 3.05) is 0 Å². The molecule has 168 valence electrons. The Bertz CT molecular complexity index is 659. The summed E-state index contributed by atoms with van der Waals surface area (Å²) in [6.45, 7) is 9.61. The van der Waals surface area contributed by atoms with Gasteiger partial charge in [0.25, 0.3) is 0 Å². The third-order valence-corrected chi connectivity index (χ3v) is 5.50. The molecule has 30 heavy (non-hydrogen) atoms. The second-order valence-corrected chi connectivity index (χ2v) is 9.77. The summed E-state index contributed by atoms with van der Waals surface area (Å²) in [4.78, 5) is 25.7. The Morgan fingerprint density at radius 3 is 2.27 bits per heavy atom. The van der Waals surface area contributed by atoms with Gasteiger partial charge in [0.1, 0.15) is 11.7 Å². The minimum absolute atomic E-state index is 0.0165. The van der Waals surface area contributed by atoms with E-state index in [1.165, 1.54) is 19.3 Å². The molecule has 1 N–H and O–H groups in total. The summed E-state index contributed by atoms with van der Waals surface area (Å²) in [6, 6.07) is 9.42. The number of rotatable bonds is 9. The number of carbonyl (C=O) groups excluding carboxylic acids is 2. The summed E-state index contributed by atoms with van der Waals surface area (Å²) < 4.78 is 11.7. The van der Waals surface area contributed by atoms with E-state index in [1.807, 2.05) is 65.0 Å². The molecule has 0 aliphatic heterocycles. The molecule has 2 rings (SSSR count). The third kappa shape index (κ3) is 8.47. The number of hydrogen-bond donors (Lipinski definition) is 1. The number of alkyl carbamates (subject to hydrolysis) is 1. The number of benzene rings is 1. The van der Waals surface area contributed by atoms with Crippen LogP contribution < -0.4 is 5.32 Å². The van der Waals surface area contributed by atoms with Crippen LogP contribution in [0.4, 0.5) is 4.79 Å². The molecule has 1 aliphatic rings. The number of hydrogen-bond acceptors (Lipinski definition) is 4. The average molecular weight is 418 g/mol. The molecule has 5 heteroatoms. The maximum Gasteiger partial charge on any atom is 0.407 e. The zero-order valence-corrected chi connectivity index (χ0v) is 19.3. The lowest BCUT2D eigenvalue weighted by Gasteiger charge is -2.33. The van der Waals surface area contributed by atoms with Gasteiger partial charge < -0.3 is 14.8 Å². The molecule has 1 aliphatic carbocycles. The maximum atomic E-state index is 13.1. The summed E-state index contributed by atoms with van der Waals surface area (Å²) in [5, 5.41) is 2.99. The second-order valence-electron chi connectivity index (χ2n) is 9.77. The van der Waals surface area contributed by atoms with Crippen molar-refractivity contribution < 1.29 is 19.1 Å². The third-order valence-electron chi connectivity index (χ3n) is 5.50. The van der Waals surface area contributed by atoms with Crippen LogP contribution >= 0.6 is 0 Å². The van der Waals surface area contributed by atoms with Gasteiger partial charge in [-0.25, -0.2) is 4.79 Å². The number of ketones is 1. The van der Waals surface area contributed by atoms with Gasteiger partial charge in [0.2, 0.25) is 0 Å². The molecule has 0 unspecified atom stereocenters. The fourth-order valence-electron chi connectivity index (χ4n) is 3.98. The van der Waals surface area contributed by atoms with E-state index in [-0.39, 0.29) is 11.7 Å². The largest absolute Gasteiger partial charge is 0.444 e. The van der Waals surface area contributed by atoms with Gasteiger partial charge in [-0.2, -0.15) is 0 Å².